The van der Waals surface area contributed by atoms with E-state index in [-0.39, 0.29) is 11.7 Å². The summed E-state index contributed by atoms with van der Waals surface area (Å²) in [5.41, 5.74) is 3.97. The summed E-state index contributed by atoms with van der Waals surface area (Å²) in [7, 11) is 0. The average Bonchev–Trinajstić information content (AvgIpc) is 3.45. The van der Waals surface area contributed by atoms with Gasteiger partial charge in [0.25, 0.3) is 5.91 Å². The number of carbonyl (C=O) groups excluding carboxylic acids is 1. The molecule has 39 heavy (non-hydrogen) atoms. The summed E-state index contributed by atoms with van der Waals surface area (Å²) in [4.78, 5) is 25.7. The van der Waals surface area contributed by atoms with Crippen LogP contribution in [-0.4, -0.2) is 65.3 Å². The number of carbonyl (C=O) groups is 1. The van der Waals surface area contributed by atoms with Crippen molar-refractivity contribution < 1.29 is 14.6 Å². The van der Waals surface area contributed by atoms with E-state index in [1.54, 1.807) is 24.4 Å². The molecular formula is C30H33N5O3S. The molecule has 1 amide bonds. The zero-order chi connectivity index (χ0) is 26.9. The summed E-state index contributed by atoms with van der Waals surface area (Å²) in [6.07, 6.45) is 4.50. The number of hydrogen-bond acceptors (Lipinski definition) is 8. The first kappa shape index (κ1) is 26.8. The molecule has 0 atom stereocenters. The van der Waals surface area contributed by atoms with Crippen LogP contribution in [0.15, 0.2) is 72.9 Å². The monoisotopic (exact) mass is 543 g/mol. The van der Waals surface area contributed by atoms with E-state index in [4.69, 9.17) is 4.74 Å². The molecule has 0 radical (unpaired) electrons. The fourth-order valence-electron chi connectivity index (χ4n) is 4.54. The fraction of sp³-hybridized carbons (Fsp3) is 0.300. The highest BCUT2D eigenvalue weighted by Crippen LogP contribution is 2.27. The van der Waals surface area contributed by atoms with Crippen molar-refractivity contribution in [1.82, 2.24) is 20.2 Å². The third-order valence-corrected chi connectivity index (χ3v) is 7.68. The van der Waals surface area contributed by atoms with E-state index in [9.17, 15) is 9.90 Å². The van der Waals surface area contributed by atoms with Crippen molar-refractivity contribution in [3.8, 4) is 16.3 Å². The molecule has 8 nitrogen and oxygen atoms in total. The highest BCUT2D eigenvalue weighted by atomic mass is 32.1. The molecule has 202 valence electrons. The largest absolute Gasteiger partial charge is 0.508 e. The summed E-state index contributed by atoms with van der Waals surface area (Å²) in [6, 6.07) is 21.0. The third-order valence-electron chi connectivity index (χ3n) is 6.57. The van der Waals surface area contributed by atoms with E-state index in [2.05, 4.69) is 43.7 Å². The van der Waals surface area contributed by atoms with E-state index >= 15 is 0 Å². The standard InChI is InChI=1S/C30H33N5O3S/c36-25-8-2-5-23(21-25)11-13-31-29(37)28-10-9-27(39-28)26-12-14-32-30(34-26)33-24-7-1-4-22(20-24)6-3-15-35-16-18-38-19-17-35/h1-2,4-5,7-10,12,14,20-21,36H,3,6,11,13,15-19H2,(H,31,37)(H,32,33,34). The van der Waals surface area contributed by atoms with E-state index in [0.29, 0.717) is 23.8 Å². The van der Waals surface area contributed by atoms with Gasteiger partial charge >= 0.3 is 0 Å². The van der Waals surface area contributed by atoms with E-state index < -0.39 is 0 Å². The Labute approximate surface area is 232 Å². The molecule has 0 saturated carbocycles. The number of morpholine rings is 1. The molecule has 9 heteroatoms. The second-order valence-electron chi connectivity index (χ2n) is 9.49. The molecule has 0 unspecified atom stereocenters. The Morgan fingerprint density at radius 1 is 1.00 bits per heavy atom. The summed E-state index contributed by atoms with van der Waals surface area (Å²) < 4.78 is 5.43. The van der Waals surface area contributed by atoms with Gasteiger partial charge in [-0.3, -0.25) is 9.69 Å². The molecule has 1 fully saturated rings. The van der Waals surface area contributed by atoms with Crippen LogP contribution in [0.25, 0.3) is 10.6 Å². The lowest BCUT2D eigenvalue weighted by Crippen LogP contribution is -2.36. The Balaban J connectivity index is 1.14. The number of nitrogens with zero attached hydrogens (tertiary/aromatic N) is 3. The van der Waals surface area contributed by atoms with Gasteiger partial charge in [-0.1, -0.05) is 24.3 Å². The minimum atomic E-state index is -0.121. The highest BCUT2D eigenvalue weighted by Gasteiger charge is 2.12. The minimum Gasteiger partial charge on any atom is -0.508 e. The summed E-state index contributed by atoms with van der Waals surface area (Å²) in [5, 5.41) is 15.9. The fourth-order valence-corrected chi connectivity index (χ4v) is 5.43. The quantitative estimate of drug-likeness (QED) is 0.248. The van der Waals surface area contributed by atoms with Crippen LogP contribution < -0.4 is 10.6 Å². The van der Waals surface area contributed by atoms with Gasteiger partial charge in [0.05, 0.1) is 28.7 Å². The number of phenols is 1. The maximum Gasteiger partial charge on any atom is 0.261 e. The Morgan fingerprint density at radius 2 is 1.82 bits per heavy atom. The number of aryl methyl sites for hydroxylation is 1. The van der Waals surface area contributed by atoms with Gasteiger partial charge in [0.2, 0.25) is 5.95 Å². The SMILES string of the molecule is O=C(NCCc1cccc(O)c1)c1ccc(-c2ccnc(Nc3cccc(CCCN4CCOCC4)c3)n2)s1. The number of benzene rings is 2. The molecule has 0 spiro atoms. The van der Waals surface area contributed by atoms with Gasteiger partial charge < -0.3 is 20.5 Å². The van der Waals surface area contributed by atoms with Crippen molar-refractivity contribution in [1.29, 1.82) is 0 Å². The van der Waals surface area contributed by atoms with Gasteiger partial charge in [-0.25, -0.2) is 9.97 Å². The number of rotatable bonds is 11. The number of anilines is 2. The van der Waals surface area contributed by atoms with Crippen LogP contribution >= 0.6 is 11.3 Å². The number of thiophene rings is 1. The summed E-state index contributed by atoms with van der Waals surface area (Å²) in [5.74, 6) is 0.625. The molecular weight excluding hydrogens is 510 g/mol. The average molecular weight is 544 g/mol. The zero-order valence-corrected chi connectivity index (χ0v) is 22.6. The highest BCUT2D eigenvalue weighted by molar-refractivity contribution is 7.17. The maximum absolute atomic E-state index is 12.6. The predicted molar refractivity (Wildman–Crippen MR) is 155 cm³/mol. The minimum absolute atomic E-state index is 0.121. The van der Waals surface area contributed by atoms with Crippen LogP contribution in [0.4, 0.5) is 11.6 Å². The van der Waals surface area contributed by atoms with Gasteiger partial charge in [-0.05, 0) is 79.4 Å². The predicted octanol–water partition coefficient (Wildman–Crippen LogP) is 4.89. The van der Waals surface area contributed by atoms with Gasteiger partial charge in [0.1, 0.15) is 5.75 Å². The number of hydrogen-bond donors (Lipinski definition) is 3. The van der Waals surface area contributed by atoms with Crippen molar-refractivity contribution in [2.45, 2.75) is 19.3 Å². The molecule has 3 N–H and O–H groups in total. The van der Waals surface area contributed by atoms with Crippen molar-refractivity contribution in [2.75, 3.05) is 44.7 Å². The lowest BCUT2D eigenvalue weighted by Gasteiger charge is -2.26. The first-order chi connectivity index (χ1) is 19.1. The number of amides is 1. The van der Waals surface area contributed by atoms with Gasteiger partial charge in [0, 0.05) is 31.5 Å². The van der Waals surface area contributed by atoms with Crippen LogP contribution in [0.3, 0.4) is 0 Å². The van der Waals surface area contributed by atoms with Crippen LogP contribution in [0.5, 0.6) is 5.75 Å². The number of phenolic OH excluding ortho intramolecular Hbond substituents is 1. The van der Waals surface area contributed by atoms with Crippen LogP contribution in [0.1, 0.15) is 27.2 Å². The number of ether oxygens (including phenoxy) is 1. The van der Waals surface area contributed by atoms with Gasteiger partial charge in [0.15, 0.2) is 0 Å². The molecule has 3 heterocycles. The molecule has 2 aromatic carbocycles. The molecule has 0 bridgehead atoms. The van der Waals surface area contributed by atoms with Crippen molar-refractivity contribution >= 4 is 28.9 Å². The number of nitrogens with one attached hydrogen (secondary N) is 2. The molecule has 0 aliphatic carbocycles. The van der Waals surface area contributed by atoms with Gasteiger partial charge in [-0.15, -0.1) is 11.3 Å². The molecule has 1 aliphatic rings. The Bertz CT molecular complexity index is 1390. The van der Waals surface area contributed by atoms with Crippen LogP contribution in [-0.2, 0) is 17.6 Å². The molecule has 1 saturated heterocycles. The number of aromatic nitrogens is 2. The van der Waals surface area contributed by atoms with E-state index in [0.717, 1.165) is 67.5 Å². The first-order valence-electron chi connectivity index (χ1n) is 13.3. The normalized spacial score (nSPS) is 13.7. The Morgan fingerprint density at radius 3 is 2.67 bits per heavy atom. The van der Waals surface area contributed by atoms with Gasteiger partial charge in [-0.2, -0.15) is 0 Å². The van der Waals surface area contributed by atoms with Crippen molar-refractivity contribution in [3.63, 3.8) is 0 Å². The van der Waals surface area contributed by atoms with Crippen molar-refractivity contribution in [2.24, 2.45) is 0 Å². The lowest BCUT2D eigenvalue weighted by molar-refractivity contribution is 0.0374. The lowest BCUT2D eigenvalue weighted by atomic mass is 10.1. The summed E-state index contributed by atoms with van der Waals surface area (Å²) in [6.45, 7) is 5.28. The smallest absolute Gasteiger partial charge is 0.261 e. The second-order valence-corrected chi connectivity index (χ2v) is 10.6. The van der Waals surface area contributed by atoms with Crippen LogP contribution in [0.2, 0.25) is 0 Å². The Hall–Kier alpha value is -3.79. The molecule has 2 aromatic heterocycles. The van der Waals surface area contributed by atoms with E-state index in [1.807, 2.05) is 30.3 Å². The molecule has 1 aliphatic heterocycles. The number of aromatic hydroxyl groups is 1. The second kappa shape index (κ2) is 13.3. The molecule has 4 aromatic rings. The maximum atomic E-state index is 12.6. The van der Waals surface area contributed by atoms with Crippen LogP contribution in [0, 0.1) is 0 Å². The third kappa shape index (κ3) is 7.86. The Kier molecular flexibility index (Phi) is 9.16. The topological polar surface area (TPSA) is 99.6 Å². The van der Waals surface area contributed by atoms with E-state index in [1.165, 1.54) is 16.9 Å². The molecule has 5 rings (SSSR count). The van der Waals surface area contributed by atoms with Crippen molar-refractivity contribution in [3.05, 3.63) is 88.9 Å². The zero-order valence-electron chi connectivity index (χ0n) is 21.8. The first-order valence-corrected chi connectivity index (χ1v) is 14.1. The summed E-state index contributed by atoms with van der Waals surface area (Å²) >= 11 is 1.40.